The molecule has 3 N–H and O–H groups in total. The van der Waals surface area contributed by atoms with Gasteiger partial charge in [-0.15, -0.1) is 0 Å². The van der Waals surface area contributed by atoms with Gasteiger partial charge in [0.2, 0.25) is 10.0 Å². The molecule has 0 saturated heterocycles. The standard InChI is InChI=1S/C10H12ClN5O2S/c1-16-3-2-7(15-16)5-14-19(17,18)8-4-9(11)10(12)13-6-8/h2-4,6,14H,5H2,1H3,(H2,12,13). The van der Waals surface area contributed by atoms with Crippen molar-refractivity contribution < 1.29 is 8.42 Å². The first-order valence-corrected chi connectivity index (χ1v) is 7.14. The van der Waals surface area contributed by atoms with Gasteiger partial charge in [0.05, 0.1) is 17.3 Å². The molecule has 0 aromatic carbocycles. The number of hydrogen-bond acceptors (Lipinski definition) is 5. The summed E-state index contributed by atoms with van der Waals surface area (Å²) >= 11 is 5.74. The van der Waals surface area contributed by atoms with Crippen molar-refractivity contribution in [1.82, 2.24) is 19.5 Å². The quantitative estimate of drug-likeness (QED) is 0.857. The van der Waals surface area contributed by atoms with Crippen LogP contribution in [0.4, 0.5) is 5.82 Å². The summed E-state index contributed by atoms with van der Waals surface area (Å²) in [6.07, 6.45) is 2.88. The summed E-state index contributed by atoms with van der Waals surface area (Å²) in [6.45, 7) is 0.0885. The van der Waals surface area contributed by atoms with Gasteiger partial charge in [0.15, 0.2) is 0 Å². The molecule has 0 fully saturated rings. The molecule has 0 unspecified atom stereocenters. The van der Waals surface area contributed by atoms with Gasteiger partial charge in [0.1, 0.15) is 10.7 Å². The highest BCUT2D eigenvalue weighted by Crippen LogP contribution is 2.19. The van der Waals surface area contributed by atoms with Crippen molar-refractivity contribution in [2.75, 3.05) is 5.73 Å². The van der Waals surface area contributed by atoms with Gasteiger partial charge in [0.25, 0.3) is 0 Å². The lowest BCUT2D eigenvalue weighted by molar-refractivity contribution is 0.579. The second-order valence-electron chi connectivity index (χ2n) is 3.84. The Labute approximate surface area is 115 Å². The molecule has 0 radical (unpaired) electrons. The number of aryl methyl sites for hydroxylation is 1. The molecule has 0 bridgehead atoms. The van der Waals surface area contributed by atoms with Crippen LogP contribution < -0.4 is 10.5 Å². The summed E-state index contributed by atoms with van der Waals surface area (Å²) in [6, 6.07) is 2.97. The zero-order chi connectivity index (χ0) is 14.0. The Bertz CT molecular complexity index is 698. The van der Waals surface area contributed by atoms with E-state index in [1.54, 1.807) is 24.0 Å². The molecule has 2 rings (SSSR count). The molecule has 7 nitrogen and oxygen atoms in total. The summed E-state index contributed by atoms with van der Waals surface area (Å²) in [4.78, 5) is 3.67. The highest BCUT2D eigenvalue weighted by atomic mass is 35.5. The van der Waals surface area contributed by atoms with Crippen molar-refractivity contribution in [2.45, 2.75) is 11.4 Å². The molecule has 0 amide bonds. The second-order valence-corrected chi connectivity index (χ2v) is 6.02. The summed E-state index contributed by atoms with van der Waals surface area (Å²) in [5.41, 5.74) is 6.04. The van der Waals surface area contributed by atoms with Crippen LogP contribution in [0.1, 0.15) is 5.69 Å². The lowest BCUT2D eigenvalue weighted by Gasteiger charge is -2.06. The van der Waals surface area contributed by atoms with Crippen molar-refractivity contribution >= 4 is 27.4 Å². The van der Waals surface area contributed by atoms with Crippen LogP contribution in [-0.4, -0.2) is 23.2 Å². The molecule has 0 aliphatic rings. The molecule has 0 saturated carbocycles. The molecule has 102 valence electrons. The topological polar surface area (TPSA) is 103 Å². The van der Waals surface area contributed by atoms with E-state index in [0.717, 1.165) is 6.20 Å². The van der Waals surface area contributed by atoms with E-state index in [4.69, 9.17) is 17.3 Å². The average molecular weight is 302 g/mol. The predicted octanol–water partition coefficient (Wildman–Crippen LogP) is 0.529. The van der Waals surface area contributed by atoms with Gasteiger partial charge in [0, 0.05) is 19.4 Å². The zero-order valence-electron chi connectivity index (χ0n) is 10.0. The Morgan fingerprint density at radius 2 is 2.26 bits per heavy atom. The number of nitrogen functional groups attached to an aromatic ring is 1. The zero-order valence-corrected chi connectivity index (χ0v) is 11.6. The largest absolute Gasteiger partial charge is 0.382 e. The first-order chi connectivity index (χ1) is 8.88. The molecule has 19 heavy (non-hydrogen) atoms. The van der Waals surface area contributed by atoms with E-state index in [9.17, 15) is 8.42 Å². The van der Waals surface area contributed by atoms with E-state index in [2.05, 4.69) is 14.8 Å². The van der Waals surface area contributed by atoms with Crippen molar-refractivity contribution in [3.8, 4) is 0 Å². The van der Waals surface area contributed by atoms with Crippen LogP contribution in [0.2, 0.25) is 5.02 Å². The first-order valence-electron chi connectivity index (χ1n) is 5.28. The molecule has 0 atom stereocenters. The van der Waals surface area contributed by atoms with Gasteiger partial charge in [-0.25, -0.2) is 18.1 Å². The van der Waals surface area contributed by atoms with E-state index in [1.807, 2.05) is 0 Å². The number of halogens is 1. The average Bonchev–Trinajstić information content (AvgIpc) is 2.76. The molecule has 2 aromatic rings. The van der Waals surface area contributed by atoms with Crippen molar-refractivity contribution in [2.24, 2.45) is 7.05 Å². The highest BCUT2D eigenvalue weighted by molar-refractivity contribution is 7.89. The number of anilines is 1. The highest BCUT2D eigenvalue weighted by Gasteiger charge is 2.16. The lowest BCUT2D eigenvalue weighted by Crippen LogP contribution is -2.23. The van der Waals surface area contributed by atoms with Crippen LogP contribution in [0.5, 0.6) is 0 Å². The van der Waals surface area contributed by atoms with Gasteiger partial charge < -0.3 is 5.73 Å². The summed E-state index contributed by atoms with van der Waals surface area (Å²) in [5.74, 6) is 0.0883. The molecule has 0 aliphatic carbocycles. The molecule has 0 spiro atoms. The lowest BCUT2D eigenvalue weighted by atomic mass is 10.4. The van der Waals surface area contributed by atoms with Crippen molar-refractivity contribution in [3.63, 3.8) is 0 Å². The SMILES string of the molecule is Cn1ccc(CNS(=O)(=O)c2cnc(N)c(Cl)c2)n1. The van der Waals surface area contributed by atoms with E-state index in [-0.39, 0.29) is 22.3 Å². The number of aromatic nitrogens is 3. The number of sulfonamides is 1. The van der Waals surface area contributed by atoms with E-state index in [0.29, 0.717) is 5.69 Å². The Hall–Kier alpha value is -1.64. The summed E-state index contributed by atoms with van der Waals surface area (Å²) in [7, 11) is -1.94. The predicted molar refractivity (Wildman–Crippen MR) is 70.9 cm³/mol. The molecular formula is C10H12ClN5O2S. The summed E-state index contributed by atoms with van der Waals surface area (Å²) < 4.78 is 28.0. The Balaban J connectivity index is 2.16. The third kappa shape index (κ3) is 3.22. The second kappa shape index (κ2) is 5.16. The molecule has 9 heteroatoms. The van der Waals surface area contributed by atoms with E-state index >= 15 is 0 Å². The maximum atomic E-state index is 12.0. The summed E-state index contributed by atoms with van der Waals surface area (Å²) in [5, 5.41) is 4.17. The fourth-order valence-electron chi connectivity index (χ4n) is 1.39. The van der Waals surface area contributed by atoms with Gasteiger partial charge in [-0.05, 0) is 12.1 Å². The molecule has 2 heterocycles. The molecule has 0 aliphatic heterocycles. The number of nitrogens with two attached hydrogens (primary N) is 1. The monoisotopic (exact) mass is 301 g/mol. The van der Waals surface area contributed by atoms with Crippen LogP contribution in [0, 0.1) is 0 Å². The number of nitrogens with one attached hydrogen (secondary N) is 1. The molecular weight excluding hydrogens is 290 g/mol. The van der Waals surface area contributed by atoms with Crippen LogP contribution in [0.3, 0.4) is 0 Å². The fraction of sp³-hybridized carbons (Fsp3) is 0.200. The minimum Gasteiger partial charge on any atom is -0.382 e. The van der Waals surface area contributed by atoms with Gasteiger partial charge >= 0.3 is 0 Å². The van der Waals surface area contributed by atoms with Crippen LogP contribution in [0.15, 0.2) is 29.4 Å². The van der Waals surface area contributed by atoms with Crippen molar-refractivity contribution in [3.05, 3.63) is 35.2 Å². The Morgan fingerprint density at radius 3 is 2.84 bits per heavy atom. The van der Waals surface area contributed by atoms with Gasteiger partial charge in [-0.1, -0.05) is 11.6 Å². The van der Waals surface area contributed by atoms with Gasteiger partial charge in [-0.3, -0.25) is 4.68 Å². The Morgan fingerprint density at radius 1 is 1.53 bits per heavy atom. The van der Waals surface area contributed by atoms with E-state index < -0.39 is 10.0 Å². The number of pyridine rings is 1. The van der Waals surface area contributed by atoms with Crippen molar-refractivity contribution in [1.29, 1.82) is 0 Å². The number of nitrogens with zero attached hydrogens (tertiary/aromatic N) is 3. The Kier molecular flexibility index (Phi) is 3.74. The number of rotatable bonds is 4. The smallest absolute Gasteiger partial charge is 0.242 e. The first kappa shape index (κ1) is 13.8. The molecule has 2 aromatic heterocycles. The van der Waals surface area contributed by atoms with Crippen LogP contribution in [0.25, 0.3) is 0 Å². The van der Waals surface area contributed by atoms with Gasteiger partial charge in [-0.2, -0.15) is 5.10 Å². The number of hydrogen-bond donors (Lipinski definition) is 2. The minimum atomic E-state index is -3.69. The third-order valence-corrected chi connectivity index (χ3v) is 4.04. The third-order valence-electron chi connectivity index (χ3n) is 2.37. The van der Waals surface area contributed by atoms with Crippen LogP contribution in [-0.2, 0) is 23.6 Å². The van der Waals surface area contributed by atoms with Crippen LogP contribution >= 0.6 is 11.6 Å². The van der Waals surface area contributed by atoms with E-state index in [1.165, 1.54) is 6.07 Å². The minimum absolute atomic E-state index is 0.0392. The normalized spacial score (nSPS) is 11.7. The maximum absolute atomic E-state index is 12.0. The maximum Gasteiger partial charge on any atom is 0.242 e. The fourth-order valence-corrected chi connectivity index (χ4v) is 2.59.